The van der Waals surface area contributed by atoms with Gasteiger partial charge in [0.05, 0.1) is 29.1 Å². The number of rotatable bonds is 12. The van der Waals surface area contributed by atoms with Crippen molar-refractivity contribution < 1.29 is 4.42 Å². The number of thioether (sulfide) groups is 2. The summed E-state index contributed by atoms with van der Waals surface area (Å²) in [6.45, 7) is 1.52. The second-order valence-corrected chi connectivity index (χ2v) is 7.58. The van der Waals surface area contributed by atoms with Crippen LogP contribution in [0.5, 0.6) is 0 Å². The highest BCUT2D eigenvalue weighted by molar-refractivity contribution is 7.99. The predicted octanol–water partition coefficient (Wildman–Crippen LogP) is 3.68. The number of aromatic nitrogens is 2. The van der Waals surface area contributed by atoms with Crippen molar-refractivity contribution in [2.75, 3.05) is 24.6 Å². The number of pyridine rings is 1. The van der Waals surface area contributed by atoms with E-state index < -0.39 is 0 Å². The molecule has 0 saturated carbocycles. The van der Waals surface area contributed by atoms with Crippen molar-refractivity contribution in [2.45, 2.75) is 17.4 Å². The lowest BCUT2D eigenvalue weighted by Gasteiger charge is -2.12. The van der Waals surface area contributed by atoms with Crippen molar-refractivity contribution in [3.05, 3.63) is 53.4 Å². The number of halogens is 1. The average Bonchev–Trinajstić information content (AvgIpc) is 3.16. The van der Waals surface area contributed by atoms with Gasteiger partial charge in [-0.2, -0.15) is 17.0 Å². The fourth-order valence-corrected chi connectivity index (χ4v) is 3.72. The lowest BCUT2D eigenvalue weighted by Crippen LogP contribution is -2.29. The monoisotopic (exact) mass is 409 g/mol. The number of hydrogen-bond acceptors (Lipinski definition) is 8. The molecule has 26 heavy (non-hydrogen) atoms. The largest absolute Gasteiger partial charge is 0.440 e. The quantitative estimate of drug-likeness (QED) is 0.312. The highest BCUT2D eigenvalue weighted by Crippen LogP contribution is 2.18. The average molecular weight is 410 g/mol. The van der Waals surface area contributed by atoms with Gasteiger partial charge in [-0.3, -0.25) is 4.98 Å². The molecule has 0 aliphatic rings. The Balaban J connectivity index is 1.57. The Kier molecular flexibility index (Phi) is 9.87. The third-order valence-corrected chi connectivity index (χ3v) is 5.37. The van der Waals surface area contributed by atoms with Gasteiger partial charge in [0.2, 0.25) is 0 Å². The predicted molar refractivity (Wildman–Crippen MR) is 107 cm³/mol. The van der Waals surface area contributed by atoms with Crippen LogP contribution >= 0.6 is 35.1 Å². The van der Waals surface area contributed by atoms with E-state index in [9.17, 15) is 0 Å². The van der Waals surface area contributed by atoms with E-state index >= 15 is 0 Å². The summed E-state index contributed by atoms with van der Waals surface area (Å²) in [5, 5.41) is 16.7. The molecule has 0 aliphatic heterocycles. The molecule has 138 valence electrons. The van der Waals surface area contributed by atoms with Gasteiger partial charge in [-0.1, -0.05) is 23.4 Å². The van der Waals surface area contributed by atoms with Crippen molar-refractivity contribution in [3.63, 3.8) is 0 Å². The van der Waals surface area contributed by atoms with E-state index in [1.54, 1.807) is 42.2 Å². The van der Waals surface area contributed by atoms with Crippen molar-refractivity contribution in [2.24, 2.45) is 0 Å². The van der Waals surface area contributed by atoms with E-state index in [1.165, 1.54) is 6.08 Å². The minimum atomic E-state index is 0.681. The van der Waals surface area contributed by atoms with Gasteiger partial charge in [0.1, 0.15) is 12.1 Å². The SMILES string of the molecule is N#CC=C(NCCCSc1ncco1)NCCSCc1ncccc1Cl. The minimum absolute atomic E-state index is 0.681. The van der Waals surface area contributed by atoms with Crippen LogP contribution in [0, 0.1) is 11.3 Å². The van der Waals surface area contributed by atoms with Crippen LogP contribution in [-0.2, 0) is 5.75 Å². The molecule has 2 N–H and O–H groups in total. The fraction of sp³-hybridized carbons (Fsp3) is 0.353. The molecule has 0 atom stereocenters. The normalized spacial score (nSPS) is 11.2. The van der Waals surface area contributed by atoms with Crippen molar-refractivity contribution in [1.82, 2.24) is 20.6 Å². The second-order valence-electron chi connectivity index (χ2n) is 5.03. The molecule has 0 aliphatic carbocycles. The molecular formula is C17H20ClN5OS2. The number of nitriles is 1. The Hall–Kier alpha value is -1.82. The summed E-state index contributed by atoms with van der Waals surface area (Å²) in [7, 11) is 0. The first-order chi connectivity index (χ1) is 12.8. The maximum absolute atomic E-state index is 8.89. The zero-order valence-corrected chi connectivity index (χ0v) is 16.5. The van der Waals surface area contributed by atoms with Gasteiger partial charge in [0.15, 0.2) is 0 Å². The summed E-state index contributed by atoms with van der Waals surface area (Å²) in [4.78, 5) is 8.32. The molecule has 0 amide bonds. The van der Waals surface area contributed by atoms with Crippen LogP contribution in [0.2, 0.25) is 5.02 Å². The maximum atomic E-state index is 8.89. The summed E-state index contributed by atoms with van der Waals surface area (Å²) in [6.07, 6.45) is 7.38. The molecule has 6 nitrogen and oxygen atoms in total. The molecule has 2 aromatic heterocycles. The molecule has 0 bridgehead atoms. The second kappa shape index (κ2) is 12.5. The topological polar surface area (TPSA) is 86.8 Å². The zero-order valence-electron chi connectivity index (χ0n) is 14.2. The van der Waals surface area contributed by atoms with Gasteiger partial charge >= 0.3 is 0 Å². The molecule has 0 radical (unpaired) electrons. The highest BCUT2D eigenvalue weighted by atomic mass is 35.5. The standard InChI is InChI=1S/C17H20ClN5OS2/c18-14-3-1-6-20-15(14)13-25-12-9-22-16(4-5-19)21-7-2-11-26-17-23-8-10-24-17/h1,3-4,6,8,10,21-22H,2,7,9,11-13H2. The van der Waals surface area contributed by atoms with Crippen molar-refractivity contribution in [1.29, 1.82) is 5.26 Å². The lowest BCUT2D eigenvalue weighted by molar-refractivity contribution is 0.454. The van der Waals surface area contributed by atoms with Crippen molar-refractivity contribution >= 4 is 35.1 Å². The number of nitrogens with one attached hydrogen (secondary N) is 2. The number of nitrogens with zero attached hydrogens (tertiary/aromatic N) is 3. The van der Waals surface area contributed by atoms with Gasteiger partial charge in [0, 0.05) is 36.5 Å². The van der Waals surface area contributed by atoms with E-state index in [1.807, 2.05) is 12.1 Å². The van der Waals surface area contributed by atoms with Crippen LogP contribution < -0.4 is 10.6 Å². The molecule has 2 aromatic rings. The molecule has 0 aromatic carbocycles. The third kappa shape index (κ3) is 8.04. The summed E-state index contributed by atoms with van der Waals surface area (Å²) in [6, 6.07) is 5.73. The fourth-order valence-electron chi connectivity index (χ4n) is 1.92. The number of allylic oxidation sites excluding steroid dienone is 1. The van der Waals surface area contributed by atoms with Gasteiger partial charge in [-0.25, -0.2) is 4.98 Å². The molecule has 0 spiro atoms. The van der Waals surface area contributed by atoms with Crippen molar-refractivity contribution in [3.8, 4) is 6.07 Å². The molecule has 0 unspecified atom stereocenters. The first-order valence-corrected chi connectivity index (χ1v) is 10.6. The Morgan fingerprint density at radius 1 is 1.27 bits per heavy atom. The van der Waals surface area contributed by atoms with E-state index in [2.05, 4.69) is 26.7 Å². The first kappa shape index (κ1) is 20.5. The summed E-state index contributed by atoms with van der Waals surface area (Å²) < 4.78 is 5.16. The van der Waals surface area contributed by atoms with Crippen LogP contribution in [0.3, 0.4) is 0 Å². The Bertz CT molecular complexity index is 718. The molecule has 9 heteroatoms. The van der Waals surface area contributed by atoms with Gasteiger partial charge in [-0.15, -0.1) is 0 Å². The van der Waals surface area contributed by atoms with Crippen LogP contribution in [0.15, 0.2) is 52.3 Å². The lowest BCUT2D eigenvalue weighted by atomic mass is 10.4. The Labute approximate surface area is 166 Å². The molecule has 2 heterocycles. The summed E-state index contributed by atoms with van der Waals surface area (Å²) >= 11 is 9.40. The summed E-state index contributed by atoms with van der Waals surface area (Å²) in [5.41, 5.74) is 0.897. The van der Waals surface area contributed by atoms with Crippen LogP contribution in [0.4, 0.5) is 0 Å². The number of hydrogen-bond donors (Lipinski definition) is 2. The third-order valence-electron chi connectivity index (χ3n) is 3.12. The van der Waals surface area contributed by atoms with Gasteiger partial charge < -0.3 is 15.1 Å². The van der Waals surface area contributed by atoms with Crippen LogP contribution in [-0.4, -0.2) is 34.6 Å². The smallest absolute Gasteiger partial charge is 0.255 e. The van der Waals surface area contributed by atoms with E-state index in [-0.39, 0.29) is 0 Å². The zero-order chi connectivity index (χ0) is 18.5. The van der Waals surface area contributed by atoms with E-state index in [4.69, 9.17) is 21.3 Å². The molecular weight excluding hydrogens is 390 g/mol. The molecule has 0 saturated heterocycles. The Morgan fingerprint density at radius 2 is 2.15 bits per heavy atom. The van der Waals surface area contributed by atoms with Crippen LogP contribution in [0.25, 0.3) is 0 Å². The van der Waals surface area contributed by atoms with E-state index in [0.29, 0.717) is 10.2 Å². The van der Waals surface area contributed by atoms with E-state index in [0.717, 1.165) is 48.3 Å². The maximum Gasteiger partial charge on any atom is 0.255 e. The highest BCUT2D eigenvalue weighted by Gasteiger charge is 2.02. The van der Waals surface area contributed by atoms with Gasteiger partial charge in [0.25, 0.3) is 5.22 Å². The Morgan fingerprint density at radius 3 is 2.92 bits per heavy atom. The first-order valence-electron chi connectivity index (χ1n) is 8.06. The van der Waals surface area contributed by atoms with Crippen LogP contribution in [0.1, 0.15) is 12.1 Å². The molecule has 0 fully saturated rings. The van der Waals surface area contributed by atoms with Gasteiger partial charge in [-0.05, 0) is 18.6 Å². The number of oxazole rings is 1. The summed E-state index contributed by atoms with van der Waals surface area (Å²) in [5.74, 6) is 3.29. The minimum Gasteiger partial charge on any atom is -0.440 e. The molecule has 2 rings (SSSR count).